The Balaban J connectivity index is 1.87. The summed E-state index contributed by atoms with van der Waals surface area (Å²) in [7, 11) is 0. The summed E-state index contributed by atoms with van der Waals surface area (Å²) in [6, 6.07) is 1.90. The van der Waals surface area contributed by atoms with Crippen LogP contribution in [0.4, 0.5) is 5.82 Å². The molecule has 3 aromatic heterocycles. The van der Waals surface area contributed by atoms with Gasteiger partial charge in [-0.05, 0) is 29.3 Å². The summed E-state index contributed by atoms with van der Waals surface area (Å²) >= 11 is 7.62. The Morgan fingerprint density at radius 1 is 1.55 bits per heavy atom. The normalized spacial score (nSPS) is 12.8. The molecule has 0 aliphatic carbocycles. The van der Waals surface area contributed by atoms with Crippen molar-refractivity contribution in [1.82, 2.24) is 19.6 Å². The van der Waals surface area contributed by atoms with Gasteiger partial charge in [-0.25, -0.2) is 0 Å². The first kappa shape index (κ1) is 13.3. The molecule has 104 valence electrons. The number of hydrogen-bond acceptors (Lipinski definition) is 6. The standard InChI is InChI=1S/C12H12ClN5OS/c1-7-10(13)17-12-15-6-16-18(12)11(7)14-4-9(19)8-2-3-20-5-8/h2-3,5-6,9,14,19H,4H2,1H3. The molecule has 3 aromatic rings. The molecule has 6 nitrogen and oxygen atoms in total. The molecule has 8 heteroatoms. The Hall–Kier alpha value is -1.70. The van der Waals surface area contributed by atoms with Crippen molar-refractivity contribution < 1.29 is 5.11 Å². The molecule has 0 saturated heterocycles. The maximum atomic E-state index is 10.1. The molecule has 0 aliphatic heterocycles. The second-order valence-corrected chi connectivity index (χ2v) is 5.44. The van der Waals surface area contributed by atoms with Crippen molar-refractivity contribution in [3.05, 3.63) is 39.4 Å². The third-order valence-corrected chi connectivity index (χ3v) is 4.06. The Morgan fingerprint density at radius 2 is 2.40 bits per heavy atom. The molecular formula is C12H12ClN5OS. The van der Waals surface area contributed by atoms with Crippen LogP contribution >= 0.6 is 22.9 Å². The predicted octanol–water partition coefficient (Wildman–Crippen LogP) is 2.29. The molecule has 3 rings (SSSR count). The van der Waals surface area contributed by atoms with Crippen LogP contribution in [-0.4, -0.2) is 31.2 Å². The summed E-state index contributed by atoms with van der Waals surface area (Å²) in [5.41, 5.74) is 1.65. The van der Waals surface area contributed by atoms with Crippen molar-refractivity contribution in [3.63, 3.8) is 0 Å². The first-order valence-electron chi connectivity index (χ1n) is 5.96. The number of nitrogens with one attached hydrogen (secondary N) is 1. The van der Waals surface area contributed by atoms with E-state index in [0.29, 0.717) is 23.3 Å². The van der Waals surface area contributed by atoms with Crippen LogP contribution in [0, 0.1) is 6.92 Å². The van der Waals surface area contributed by atoms with Gasteiger partial charge in [0.1, 0.15) is 17.3 Å². The molecule has 0 amide bonds. The van der Waals surface area contributed by atoms with Crippen molar-refractivity contribution in [2.45, 2.75) is 13.0 Å². The van der Waals surface area contributed by atoms with Crippen LogP contribution in [0.5, 0.6) is 0 Å². The molecular weight excluding hydrogens is 298 g/mol. The van der Waals surface area contributed by atoms with Crippen LogP contribution in [0.3, 0.4) is 0 Å². The predicted molar refractivity (Wildman–Crippen MR) is 78.3 cm³/mol. The summed E-state index contributed by atoms with van der Waals surface area (Å²) in [6.45, 7) is 2.20. The number of halogens is 1. The van der Waals surface area contributed by atoms with Gasteiger partial charge in [-0.15, -0.1) is 0 Å². The Morgan fingerprint density at radius 3 is 3.15 bits per heavy atom. The number of hydrogen-bond donors (Lipinski definition) is 2. The molecule has 0 aromatic carbocycles. The topological polar surface area (TPSA) is 75.3 Å². The summed E-state index contributed by atoms with van der Waals surface area (Å²) in [5.74, 6) is 1.11. The fraction of sp³-hybridized carbons (Fsp3) is 0.250. The second kappa shape index (κ2) is 5.35. The van der Waals surface area contributed by atoms with Gasteiger partial charge in [0.25, 0.3) is 5.78 Å². The zero-order valence-electron chi connectivity index (χ0n) is 10.6. The third-order valence-electron chi connectivity index (χ3n) is 3.00. The smallest absolute Gasteiger partial charge is 0.255 e. The number of aliphatic hydroxyl groups is 1. The SMILES string of the molecule is Cc1c(Cl)nc2ncnn2c1NCC(O)c1ccsc1. The van der Waals surface area contributed by atoms with E-state index in [4.69, 9.17) is 11.6 Å². The van der Waals surface area contributed by atoms with Crippen LogP contribution < -0.4 is 5.32 Å². The molecule has 0 aliphatic rings. The molecule has 1 unspecified atom stereocenters. The molecule has 1 atom stereocenters. The van der Waals surface area contributed by atoms with E-state index in [-0.39, 0.29) is 0 Å². The van der Waals surface area contributed by atoms with E-state index < -0.39 is 6.10 Å². The lowest BCUT2D eigenvalue weighted by Gasteiger charge is -2.14. The van der Waals surface area contributed by atoms with Crippen molar-refractivity contribution in [1.29, 1.82) is 0 Å². The van der Waals surface area contributed by atoms with Crippen LogP contribution in [0.1, 0.15) is 17.2 Å². The number of thiophene rings is 1. The maximum Gasteiger partial charge on any atom is 0.255 e. The Bertz CT molecular complexity index is 727. The minimum absolute atomic E-state index is 0.354. The Labute approximate surface area is 124 Å². The van der Waals surface area contributed by atoms with Crippen molar-refractivity contribution in [2.75, 3.05) is 11.9 Å². The molecule has 2 N–H and O–H groups in total. The quantitative estimate of drug-likeness (QED) is 0.723. The minimum atomic E-state index is -0.592. The second-order valence-electron chi connectivity index (χ2n) is 4.30. The Kier molecular flexibility index (Phi) is 3.56. The van der Waals surface area contributed by atoms with Gasteiger partial charge in [-0.1, -0.05) is 11.6 Å². The molecule has 3 heterocycles. The lowest BCUT2D eigenvalue weighted by Crippen LogP contribution is -2.15. The van der Waals surface area contributed by atoms with Gasteiger partial charge < -0.3 is 10.4 Å². The minimum Gasteiger partial charge on any atom is -0.387 e. The van der Waals surface area contributed by atoms with Gasteiger partial charge in [0, 0.05) is 12.1 Å². The highest BCUT2D eigenvalue weighted by molar-refractivity contribution is 7.07. The summed E-state index contributed by atoms with van der Waals surface area (Å²) in [4.78, 5) is 8.14. The highest BCUT2D eigenvalue weighted by Gasteiger charge is 2.14. The van der Waals surface area contributed by atoms with Gasteiger partial charge in [-0.2, -0.15) is 30.9 Å². The largest absolute Gasteiger partial charge is 0.387 e. The summed E-state index contributed by atoms with van der Waals surface area (Å²) in [6.07, 6.45) is 0.824. The average molecular weight is 310 g/mol. The van der Waals surface area contributed by atoms with Crippen molar-refractivity contribution in [3.8, 4) is 0 Å². The maximum absolute atomic E-state index is 10.1. The zero-order valence-corrected chi connectivity index (χ0v) is 12.2. The molecule has 0 radical (unpaired) electrons. The van der Waals surface area contributed by atoms with Gasteiger partial charge in [0.05, 0.1) is 6.10 Å². The number of fused-ring (bicyclic) bond motifs is 1. The fourth-order valence-electron chi connectivity index (χ4n) is 1.88. The summed E-state index contributed by atoms with van der Waals surface area (Å²) in [5, 5.41) is 21.6. The number of aliphatic hydroxyl groups excluding tert-OH is 1. The number of nitrogens with zero attached hydrogens (tertiary/aromatic N) is 4. The lowest BCUT2D eigenvalue weighted by molar-refractivity contribution is 0.192. The van der Waals surface area contributed by atoms with E-state index in [1.165, 1.54) is 6.33 Å². The van der Waals surface area contributed by atoms with Gasteiger partial charge >= 0.3 is 0 Å². The number of aromatic nitrogens is 4. The molecule has 0 spiro atoms. The van der Waals surface area contributed by atoms with Crippen LogP contribution in [0.2, 0.25) is 5.15 Å². The lowest BCUT2D eigenvalue weighted by atomic mass is 10.2. The fourth-order valence-corrected chi connectivity index (χ4v) is 2.75. The van der Waals surface area contributed by atoms with Crippen LogP contribution in [0.25, 0.3) is 5.78 Å². The van der Waals surface area contributed by atoms with Crippen molar-refractivity contribution >= 4 is 34.5 Å². The van der Waals surface area contributed by atoms with Gasteiger partial charge in [-0.3, -0.25) is 0 Å². The van der Waals surface area contributed by atoms with E-state index in [1.807, 2.05) is 23.8 Å². The first-order chi connectivity index (χ1) is 9.66. The monoisotopic (exact) mass is 309 g/mol. The zero-order chi connectivity index (χ0) is 14.1. The molecule has 20 heavy (non-hydrogen) atoms. The van der Waals surface area contributed by atoms with Gasteiger partial charge in [0.2, 0.25) is 0 Å². The van der Waals surface area contributed by atoms with E-state index in [2.05, 4.69) is 20.4 Å². The average Bonchev–Trinajstić information content (AvgIpc) is 3.09. The molecule has 0 bridgehead atoms. The first-order valence-corrected chi connectivity index (χ1v) is 7.28. The molecule has 0 fully saturated rings. The number of rotatable bonds is 4. The van der Waals surface area contributed by atoms with E-state index >= 15 is 0 Å². The van der Waals surface area contributed by atoms with E-state index in [9.17, 15) is 5.11 Å². The highest BCUT2D eigenvalue weighted by atomic mass is 35.5. The summed E-state index contributed by atoms with van der Waals surface area (Å²) < 4.78 is 1.57. The third kappa shape index (κ3) is 2.35. The highest BCUT2D eigenvalue weighted by Crippen LogP contribution is 2.23. The van der Waals surface area contributed by atoms with Crippen molar-refractivity contribution in [2.24, 2.45) is 0 Å². The molecule has 0 saturated carbocycles. The van der Waals surface area contributed by atoms with E-state index in [0.717, 1.165) is 11.1 Å². The van der Waals surface area contributed by atoms with Crippen LogP contribution in [0.15, 0.2) is 23.2 Å². The van der Waals surface area contributed by atoms with Gasteiger partial charge in [0.15, 0.2) is 0 Å². The number of anilines is 1. The van der Waals surface area contributed by atoms with Crippen LogP contribution in [-0.2, 0) is 0 Å². The van der Waals surface area contributed by atoms with E-state index in [1.54, 1.807) is 15.9 Å².